The quantitative estimate of drug-likeness (QED) is 0.736. The van der Waals surface area contributed by atoms with Crippen molar-refractivity contribution in [3.63, 3.8) is 0 Å². The van der Waals surface area contributed by atoms with Gasteiger partial charge in [-0.25, -0.2) is 0 Å². The minimum Gasteiger partial charge on any atom is -0.302 e. The summed E-state index contributed by atoms with van der Waals surface area (Å²) in [6.45, 7) is 2.17. The Labute approximate surface area is 145 Å². The van der Waals surface area contributed by atoms with E-state index in [-0.39, 0.29) is 5.56 Å². The van der Waals surface area contributed by atoms with Crippen LogP contribution in [0, 0.1) is 0 Å². The van der Waals surface area contributed by atoms with Gasteiger partial charge in [-0.2, -0.15) is 0 Å². The van der Waals surface area contributed by atoms with Crippen LogP contribution >= 0.6 is 0 Å². The van der Waals surface area contributed by atoms with Crippen LogP contribution in [0.2, 0.25) is 0 Å². The maximum absolute atomic E-state index is 12.3. The van der Waals surface area contributed by atoms with Crippen LogP contribution in [0.25, 0.3) is 11.6 Å². The molecule has 0 bridgehead atoms. The number of H-pyrrole nitrogens is 2. The van der Waals surface area contributed by atoms with Gasteiger partial charge in [-0.05, 0) is 30.0 Å². The lowest BCUT2D eigenvalue weighted by Crippen LogP contribution is -2.05. The van der Waals surface area contributed by atoms with Gasteiger partial charge in [-0.3, -0.25) is 14.9 Å². The molecule has 25 heavy (non-hydrogen) atoms. The van der Waals surface area contributed by atoms with Crippen molar-refractivity contribution in [3.8, 4) is 0 Å². The second kappa shape index (κ2) is 6.40. The molecule has 0 aliphatic carbocycles. The van der Waals surface area contributed by atoms with E-state index in [0.717, 1.165) is 28.9 Å². The first-order valence-corrected chi connectivity index (χ1v) is 8.42. The minimum absolute atomic E-state index is 0.0967. The molecule has 1 aliphatic rings. The molecular formula is C21H19N3O. The van der Waals surface area contributed by atoms with Gasteiger partial charge in [0, 0.05) is 23.0 Å². The zero-order valence-electron chi connectivity index (χ0n) is 14.0. The van der Waals surface area contributed by atoms with Gasteiger partial charge in [0.25, 0.3) is 5.56 Å². The normalized spacial score (nSPS) is 15.5. The Kier molecular flexibility index (Phi) is 3.94. The summed E-state index contributed by atoms with van der Waals surface area (Å²) in [5, 5.41) is 5.77. The van der Waals surface area contributed by atoms with E-state index >= 15 is 0 Å². The molecule has 0 radical (unpaired) electrons. The topological polar surface area (TPSA) is 61.0 Å². The number of fused-ring (bicyclic) bond motifs is 1. The molecule has 1 aromatic heterocycles. The SMILES string of the molecule is CC(Cc1[nH][nH]c(=O)c1/C=C1/C=Nc2ccccc21)c1ccccc1. The predicted octanol–water partition coefficient (Wildman–Crippen LogP) is 4.31. The first-order chi connectivity index (χ1) is 12.2. The van der Waals surface area contributed by atoms with Crippen LogP contribution in [0.15, 0.2) is 64.4 Å². The number of aromatic nitrogens is 2. The Bertz CT molecular complexity index is 1010. The van der Waals surface area contributed by atoms with Crippen molar-refractivity contribution in [1.29, 1.82) is 0 Å². The molecule has 0 saturated heterocycles. The Hall–Kier alpha value is -3.14. The highest BCUT2D eigenvalue weighted by Crippen LogP contribution is 2.32. The Balaban J connectivity index is 1.67. The number of aromatic amines is 2. The number of hydrogen-bond donors (Lipinski definition) is 2. The number of benzene rings is 2. The van der Waals surface area contributed by atoms with Crippen LogP contribution in [0.5, 0.6) is 0 Å². The number of rotatable bonds is 4. The van der Waals surface area contributed by atoms with Gasteiger partial charge >= 0.3 is 0 Å². The summed E-state index contributed by atoms with van der Waals surface area (Å²) in [6, 6.07) is 18.3. The lowest BCUT2D eigenvalue weighted by molar-refractivity contribution is 0.736. The molecule has 3 aromatic rings. The molecule has 2 heterocycles. The van der Waals surface area contributed by atoms with E-state index < -0.39 is 0 Å². The smallest absolute Gasteiger partial charge is 0.271 e. The largest absolute Gasteiger partial charge is 0.302 e. The van der Waals surface area contributed by atoms with Crippen molar-refractivity contribution in [2.24, 2.45) is 4.99 Å². The molecule has 2 N–H and O–H groups in total. The van der Waals surface area contributed by atoms with E-state index in [9.17, 15) is 4.79 Å². The number of allylic oxidation sites excluding steroid dienone is 1. The summed E-state index contributed by atoms with van der Waals surface area (Å²) in [6.07, 6.45) is 4.51. The monoisotopic (exact) mass is 329 g/mol. The number of nitrogens with zero attached hydrogens (tertiary/aromatic N) is 1. The fourth-order valence-corrected chi connectivity index (χ4v) is 3.23. The van der Waals surface area contributed by atoms with Crippen molar-refractivity contribution in [2.75, 3.05) is 0 Å². The van der Waals surface area contributed by atoms with Gasteiger partial charge in [-0.15, -0.1) is 0 Å². The zero-order valence-corrected chi connectivity index (χ0v) is 14.0. The molecule has 0 amide bonds. The molecule has 0 spiro atoms. The second-order valence-electron chi connectivity index (χ2n) is 6.36. The molecule has 4 rings (SSSR count). The summed E-state index contributed by atoms with van der Waals surface area (Å²) in [7, 11) is 0. The average Bonchev–Trinajstić information content (AvgIpc) is 3.21. The van der Waals surface area contributed by atoms with Crippen molar-refractivity contribution in [3.05, 3.63) is 87.3 Å². The highest BCUT2D eigenvalue weighted by Gasteiger charge is 2.16. The van der Waals surface area contributed by atoms with Crippen molar-refractivity contribution >= 4 is 23.6 Å². The maximum Gasteiger partial charge on any atom is 0.271 e. The third kappa shape index (κ3) is 2.98. The fourth-order valence-electron chi connectivity index (χ4n) is 3.23. The molecule has 1 unspecified atom stereocenters. The van der Waals surface area contributed by atoms with Crippen molar-refractivity contribution in [1.82, 2.24) is 10.2 Å². The summed E-state index contributed by atoms with van der Waals surface area (Å²) in [4.78, 5) is 16.7. The van der Waals surface area contributed by atoms with E-state index in [2.05, 4.69) is 34.2 Å². The first-order valence-electron chi connectivity index (χ1n) is 8.42. The molecule has 1 aliphatic heterocycles. The molecule has 2 aromatic carbocycles. The van der Waals surface area contributed by atoms with E-state index in [1.54, 1.807) is 0 Å². The molecular weight excluding hydrogens is 310 g/mol. The number of aliphatic imine (C=N–C) groups is 1. The Morgan fingerprint density at radius 2 is 1.80 bits per heavy atom. The van der Waals surface area contributed by atoms with Gasteiger partial charge in [0.1, 0.15) is 0 Å². The van der Waals surface area contributed by atoms with E-state index in [1.807, 2.05) is 54.8 Å². The minimum atomic E-state index is -0.0967. The molecule has 0 fully saturated rings. The van der Waals surface area contributed by atoms with Crippen molar-refractivity contribution < 1.29 is 0 Å². The molecule has 124 valence electrons. The van der Waals surface area contributed by atoms with Crippen LogP contribution in [0.1, 0.15) is 35.2 Å². The van der Waals surface area contributed by atoms with Gasteiger partial charge in [-0.1, -0.05) is 55.5 Å². The standard InChI is InChI=1S/C21H19N3O/c1-14(15-7-3-2-4-8-15)11-20-18(21(25)24-23-20)12-16-13-22-19-10-6-5-9-17(16)19/h2-10,12-14H,11H2,1H3,(H2,23,24,25)/b16-12-. The highest BCUT2D eigenvalue weighted by molar-refractivity contribution is 6.21. The van der Waals surface area contributed by atoms with Crippen molar-refractivity contribution in [2.45, 2.75) is 19.3 Å². The van der Waals surface area contributed by atoms with Crippen LogP contribution in [0.4, 0.5) is 5.69 Å². The van der Waals surface area contributed by atoms with Gasteiger partial charge in [0.2, 0.25) is 0 Å². The van der Waals surface area contributed by atoms with Gasteiger partial charge < -0.3 is 5.10 Å². The van der Waals surface area contributed by atoms with Gasteiger partial charge in [0.05, 0.1) is 11.3 Å². The highest BCUT2D eigenvalue weighted by atomic mass is 16.1. The van der Waals surface area contributed by atoms with E-state index in [0.29, 0.717) is 11.5 Å². The lowest BCUT2D eigenvalue weighted by Gasteiger charge is -2.11. The third-order valence-corrected chi connectivity index (χ3v) is 4.63. The van der Waals surface area contributed by atoms with E-state index in [4.69, 9.17) is 0 Å². The summed E-state index contributed by atoms with van der Waals surface area (Å²) in [5.41, 5.74) is 5.74. The average molecular weight is 329 g/mol. The fraction of sp³-hybridized carbons (Fsp3) is 0.143. The predicted molar refractivity (Wildman–Crippen MR) is 102 cm³/mol. The molecule has 4 nitrogen and oxygen atoms in total. The number of nitrogens with one attached hydrogen (secondary N) is 2. The first kappa shape index (κ1) is 15.4. The Morgan fingerprint density at radius 1 is 1.04 bits per heavy atom. The molecule has 4 heteroatoms. The molecule has 1 atom stereocenters. The number of para-hydroxylation sites is 1. The third-order valence-electron chi connectivity index (χ3n) is 4.63. The molecule has 0 saturated carbocycles. The van der Waals surface area contributed by atoms with Crippen LogP contribution in [-0.4, -0.2) is 16.4 Å². The number of hydrogen-bond acceptors (Lipinski definition) is 2. The second-order valence-corrected chi connectivity index (χ2v) is 6.36. The summed E-state index contributed by atoms with van der Waals surface area (Å²) >= 11 is 0. The van der Waals surface area contributed by atoms with E-state index in [1.165, 1.54) is 5.56 Å². The maximum atomic E-state index is 12.3. The van der Waals surface area contributed by atoms with Crippen LogP contribution in [-0.2, 0) is 6.42 Å². The lowest BCUT2D eigenvalue weighted by atomic mass is 9.94. The summed E-state index contributed by atoms with van der Waals surface area (Å²) < 4.78 is 0. The van der Waals surface area contributed by atoms with Gasteiger partial charge in [0.15, 0.2) is 0 Å². The van der Waals surface area contributed by atoms with Crippen LogP contribution < -0.4 is 5.56 Å². The summed E-state index contributed by atoms with van der Waals surface area (Å²) in [5.74, 6) is 0.314. The zero-order chi connectivity index (χ0) is 17.2. The Morgan fingerprint density at radius 3 is 2.64 bits per heavy atom. The van der Waals surface area contributed by atoms with Crippen LogP contribution in [0.3, 0.4) is 0 Å².